The third-order valence-electron chi connectivity index (χ3n) is 6.43. The molecule has 0 atom stereocenters. The van der Waals surface area contributed by atoms with E-state index in [1.165, 1.54) is 14.2 Å². The first kappa shape index (κ1) is 32.7. The summed E-state index contributed by atoms with van der Waals surface area (Å²) in [6.45, 7) is 4.91. The van der Waals surface area contributed by atoms with Gasteiger partial charge in [0.1, 0.15) is 0 Å². The molecule has 0 spiro atoms. The van der Waals surface area contributed by atoms with Gasteiger partial charge in [0.15, 0.2) is 23.0 Å². The van der Waals surface area contributed by atoms with Gasteiger partial charge in [0.25, 0.3) is 0 Å². The fourth-order valence-electron chi connectivity index (χ4n) is 4.08. The lowest BCUT2D eigenvalue weighted by molar-refractivity contribution is -0.121. The third-order valence-corrected chi connectivity index (χ3v) is 6.43. The number of carbonyl (C=O) groups is 2. The molecule has 0 aliphatic carbocycles. The SMILES string of the molecule is COc1cc(CCC(=O)NCCCNCCCCNCCCNC(=O)CCc2ccc(O)c(OC)c2)ccc1O. The monoisotopic (exact) mass is 558 g/mol. The summed E-state index contributed by atoms with van der Waals surface area (Å²) in [4.78, 5) is 24.1. The van der Waals surface area contributed by atoms with Crippen molar-refractivity contribution in [3.05, 3.63) is 47.5 Å². The van der Waals surface area contributed by atoms with Gasteiger partial charge in [0, 0.05) is 25.9 Å². The van der Waals surface area contributed by atoms with Crippen LogP contribution in [0.5, 0.6) is 23.0 Å². The van der Waals surface area contributed by atoms with E-state index in [0.717, 1.165) is 63.0 Å². The van der Waals surface area contributed by atoms with Gasteiger partial charge >= 0.3 is 0 Å². The number of unbranched alkanes of at least 4 members (excludes halogenated alkanes) is 1. The number of ether oxygens (including phenoxy) is 2. The Bertz CT molecular complexity index is 952. The predicted octanol–water partition coefficient (Wildman–Crippen LogP) is 2.65. The van der Waals surface area contributed by atoms with Gasteiger partial charge in [-0.25, -0.2) is 0 Å². The molecule has 0 aromatic heterocycles. The van der Waals surface area contributed by atoms with Crippen molar-refractivity contribution in [1.29, 1.82) is 0 Å². The number of carbonyl (C=O) groups excluding carboxylic acids is 2. The first-order valence-electron chi connectivity index (χ1n) is 14.1. The molecule has 0 saturated carbocycles. The van der Waals surface area contributed by atoms with Crippen molar-refractivity contribution in [2.45, 2.75) is 51.4 Å². The summed E-state index contributed by atoms with van der Waals surface area (Å²) in [6, 6.07) is 10.3. The Morgan fingerprint density at radius 2 is 1.02 bits per heavy atom. The van der Waals surface area contributed by atoms with E-state index >= 15 is 0 Å². The first-order valence-corrected chi connectivity index (χ1v) is 14.1. The average Bonchev–Trinajstić information content (AvgIpc) is 2.96. The summed E-state index contributed by atoms with van der Waals surface area (Å²) in [7, 11) is 3.01. The fraction of sp³-hybridized carbons (Fsp3) is 0.533. The standard InChI is InChI=1S/C30H46N4O6/c1-39-27-21-23(7-11-25(27)35)9-13-29(37)33-19-5-17-31-15-3-4-16-32-18-6-20-34-30(38)14-10-24-8-12-26(36)28(22-24)40-2/h7-8,11-12,21-22,31-32,35-36H,3-6,9-10,13-20H2,1-2H3,(H,33,37)(H,34,38). The second-order valence-corrected chi connectivity index (χ2v) is 9.63. The molecule has 2 aromatic carbocycles. The smallest absolute Gasteiger partial charge is 0.220 e. The number of benzene rings is 2. The maximum Gasteiger partial charge on any atom is 0.220 e. The zero-order valence-corrected chi connectivity index (χ0v) is 23.9. The normalized spacial score (nSPS) is 10.8. The number of methoxy groups -OCH3 is 2. The summed E-state index contributed by atoms with van der Waals surface area (Å²) < 4.78 is 10.2. The molecular weight excluding hydrogens is 512 g/mol. The number of nitrogens with one attached hydrogen (secondary N) is 4. The third kappa shape index (κ3) is 13.5. The summed E-state index contributed by atoms with van der Waals surface area (Å²) in [6.07, 6.45) is 5.92. The molecule has 0 radical (unpaired) electrons. The Labute approximate surface area is 237 Å². The number of rotatable bonds is 21. The van der Waals surface area contributed by atoms with E-state index in [2.05, 4.69) is 21.3 Å². The Morgan fingerprint density at radius 3 is 1.43 bits per heavy atom. The zero-order chi connectivity index (χ0) is 29.0. The molecule has 2 aromatic rings. The molecule has 10 heteroatoms. The van der Waals surface area contributed by atoms with Gasteiger partial charge in [0.05, 0.1) is 14.2 Å². The summed E-state index contributed by atoms with van der Waals surface area (Å²) in [5.41, 5.74) is 1.90. The van der Waals surface area contributed by atoms with E-state index < -0.39 is 0 Å². The lowest BCUT2D eigenvalue weighted by Gasteiger charge is -2.09. The lowest BCUT2D eigenvalue weighted by atomic mass is 10.1. The number of amides is 2. The minimum atomic E-state index is 0.0211. The van der Waals surface area contributed by atoms with Gasteiger partial charge in [-0.15, -0.1) is 0 Å². The van der Waals surface area contributed by atoms with Crippen molar-refractivity contribution in [3.8, 4) is 23.0 Å². The minimum Gasteiger partial charge on any atom is -0.504 e. The predicted molar refractivity (Wildman–Crippen MR) is 156 cm³/mol. The van der Waals surface area contributed by atoms with E-state index in [1.807, 2.05) is 0 Å². The lowest BCUT2D eigenvalue weighted by Crippen LogP contribution is -2.28. The number of aryl methyl sites for hydroxylation is 2. The van der Waals surface area contributed by atoms with Gasteiger partial charge in [-0.1, -0.05) is 12.1 Å². The average molecular weight is 559 g/mol. The molecule has 2 amide bonds. The van der Waals surface area contributed by atoms with Crippen LogP contribution in [0, 0.1) is 0 Å². The van der Waals surface area contributed by atoms with Crippen LogP contribution in [-0.4, -0.2) is 75.5 Å². The van der Waals surface area contributed by atoms with E-state index in [9.17, 15) is 19.8 Å². The Morgan fingerprint density at radius 1 is 0.625 bits per heavy atom. The van der Waals surface area contributed by atoms with Crippen molar-refractivity contribution < 1.29 is 29.3 Å². The largest absolute Gasteiger partial charge is 0.504 e. The fourth-order valence-corrected chi connectivity index (χ4v) is 4.08. The van der Waals surface area contributed by atoms with Gasteiger partial charge in [-0.2, -0.15) is 0 Å². The van der Waals surface area contributed by atoms with Crippen LogP contribution in [0.25, 0.3) is 0 Å². The van der Waals surface area contributed by atoms with Crippen LogP contribution in [0.1, 0.15) is 49.7 Å². The van der Waals surface area contributed by atoms with Crippen molar-refractivity contribution in [2.75, 3.05) is 53.5 Å². The maximum absolute atomic E-state index is 12.0. The molecule has 0 aliphatic rings. The summed E-state index contributed by atoms with van der Waals surface area (Å²) >= 11 is 0. The molecular formula is C30H46N4O6. The molecule has 0 bridgehead atoms. The Kier molecular flexibility index (Phi) is 16.0. The second-order valence-electron chi connectivity index (χ2n) is 9.63. The highest BCUT2D eigenvalue weighted by atomic mass is 16.5. The highest BCUT2D eigenvalue weighted by molar-refractivity contribution is 5.76. The van der Waals surface area contributed by atoms with E-state index in [-0.39, 0.29) is 23.3 Å². The first-order chi connectivity index (χ1) is 19.4. The van der Waals surface area contributed by atoms with Crippen LogP contribution in [0.15, 0.2) is 36.4 Å². The number of phenols is 2. The van der Waals surface area contributed by atoms with Crippen molar-refractivity contribution in [1.82, 2.24) is 21.3 Å². The topological polar surface area (TPSA) is 141 Å². The minimum absolute atomic E-state index is 0.0211. The molecule has 0 heterocycles. The Balaban J connectivity index is 1.35. The number of hydrogen-bond acceptors (Lipinski definition) is 8. The van der Waals surface area contributed by atoms with E-state index in [4.69, 9.17) is 9.47 Å². The van der Waals surface area contributed by atoms with Crippen LogP contribution < -0.4 is 30.7 Å². The van der Waals surface area contributed by atoms with Crippen LogP contribution in [0.4, 0.5) is 0 Å². The van der Waals surface area contributed by atoms with Gasteiger partial charge in [-0.05, 0) is 100 Å². The van der Waals surface area contributed by atoms with E-state index in [1.54, 1.807) is 36.4 Å². The number of phenolic OH excluding ortho intramolecular Hbond substituents is 2. The molecule has 0 aliphatic heterocycles. The van der Waals surface area contributed by atoms with Crippen LogP contribution >= 0.6 is 0 Å². The number of aromatic hydroxyl groups is 2. The summed E-state index contributed by atoms with van der Waals surface area (Å²) in [5, 5.41) is 32.0. The molecule has 10 nitrogen and oxygen atoms in total. The number of hydrogen-bond donors (Lipinski definition) is 6. The van der Waals surface area contributed by atoms with Crippen LogP contribution in [0.2, 0.25) is 0 Å². The molecule has 0 unspecified atom stereocenters. The molecule has 0 fully saturated rings. The second kappa shape index (κ2) is 19.5. The highest BCUT2D eigenvalue weighted by Crippen LogP contribution is 2.27. The summed E-state index contributed by atoms with van der Waals surface area (Å²) in [5.74, 6) is 1.07. The quantitative estimate of drug-likeness (QED) is 0.129. The van der Waals surface area contributed by atoms with Crippen molar-refractivity contribution in [3.63, 3.8) is 0 Å². The molecule has 222 valence electrons. The van der Waals surface area contributed by atoms with Crippen LogP contribution in [0.3, 0.4) is 0 Å². The van der Waals surface area contributed by atoms with Crippen LogP contribution in [-0.2, 0) is 22.4 Å². The molecule has 40 heavy (non-hydrogen) atoms. The van der Waals surface area contributed by atoms with Gasteiger partial charge < -0.3 is 41.0 Å². The Hall–Kier alpha value is -3.50. The van der Waals surface area contributed by atoms with E-state index in [0.29, 0.717) is 50.3 Å². The van der Waals surface area contributed by atoms with Crippen molar-refractivity contribution in [2.24, 2.45) is 0 Å². The van der Waals surface area contributed by atoms with Gasteiger partial charge in [-0.3, -0.25) is 9.59 Å². The molecule has 2 rings (SSSR count). The van der Waals surface area contributed by atoms with Gasteiger partial charge in [0.2, 0.25) is 11.8 Å². The van der Waals surface area contributed by atoms with Crippen molar-refractivity contribution >= 4 is 11.8 Å². The molecule has 0 saturated heterocycles. The molecule has 6 N–H and O–H groups in total. The maximum atomic E-state index is 12.0. The highest BCUT2D eigenvalue weighted by Gasteiger charge is 2.07. The zero-order valence-electron chi connectivity index (χ0n) is 23.9.